The molecule has 0 aliphatic carbocycles. The molecular formula is C15H26I3N3. The van der Waals surface area contributed by atoms with Crippen molar-refractivity contribution in [2.75, 3.05) is 5.32 Å². The number of halogens is 3. The summed E-state index contributed by atoms with van der Waals surface area (Å²) in [4.78, 5) is 3.41. The molecule has 0 unspecified atom stereocenters. The minimum atomic E-state index is 0.392. The van der Waals surface area contributed by atoms with E-state index >= 15 is 0 Å². The van der Waals surface area contributed by atoms with Crippen LogP contribution in [0.2, 0.25) is 0 Å². The van der Waals surface area contributed by atoms with E-state index in [1.54, 1.807) is 0 Å². The standard InChI is InChI=1S/C15H25N3.I3/c1-10(2)16-15(17-11(3)4)18-14-12(5)8-7-9-13(14)6;1-3-2/h7-11H,1-6H3,(H2,16,17,18);/q;-1/p+1. The van der Waals surface area contributed by atoms with Gasteiger partial charge in [0.15, 0.2) is 0 Å². The Bertz CT molecular complexity index is 426. The first kappa shape index (κ1) is 21.7. The van der Waals surface area contributed by atoms with Crippen molar-refractivity contribution < 1.29 is 18.2 Å². The third kappa shape index (κ3) is 10.1. The summed E-state index contributed by atoms with van der Waals surface area (Å²) in [6.45, 7) is 12.8. The number of aryl methyl sites for hydroxylation is 2. The summed E-state index contributed by atoms with van der Waals surface area (Å²) in [5.41, 5.74) is 3.68. The van der Waals surface area contributed by atoms with Crippen LogP contribution in [-0.2, 0) is 0 Å². The van der Waals surface area contributed by atoms with Crippen LogP contribution in [0, 0.1) is 13.8 Å². The van der Waals surface area contributed by atoms with Crippen LogP contribution >= 0.6 is 37.2 Å². The van der Waals surface area contributed by atoms with E-state index in [4.69, 9.17) is 0 Å². The van der Waals surface area contributed by atoms with Gasteiger partial charge in [-0.25, -0.2) is 5.32 Å². The maximum absolute atomic E-state index is 3.47. The van der Waals surface area contributed by atoms with E-state index in [1.807, 2.05) is 0 Å². The third-order valence-corrected chi connectivity index (χ3v) is 2.60. The van der Waals surface area contributed by atoms with Gasteiger partial charge in [-0.2, -0.15) is 0 Å². The van der Waals surface area contributed by atoms with Crippen LogP contribution in [0.3, 0.4) is 0 Å². The molecule has 1 rings (SSSR count). The molecular weight excluding hydrogens is 603 g/mol. The first-order valence-electron chi connectivity index (χ1n) is 6.92. The zero-order chi connectivity index (χ0) is 16.4. The fraction of sp³-hybridized carbons (Fsp3) is 0.533. The fourth-order valence-electron chi connectivity index (χ4n) is 1.83. The van der Waals surface area contributed by atoms with Crippen molar-refractivity contribution in [2.45, 2.75) is 53.6 Å². The van der Waals surface area contributed by atoms with Crippen LogP contribution in [0.15, 0.2) is 18.2 Å². The van der Waals surface area contributed by atoms with E-state index in [9.17, 15) is 0 Å². The molecule has 1 aromatic carbocycles. The van der Waals surface area contributed by atoms with Crippen molar-refractivity contribution in [2.24, 2.45) is 0 Å². The van der Waals surface area contributed by atoms with Crippen molar-refractivity contribution in [3.8, 4) is 0 Å². The van der Waals surface area contributed by atoms with Gasteiger partial charge in [0.25, 0.3) is 0 Å². The number of anilines is 1. The molecule has 0 amide bonds. The summed E-state index contributed by atoms with van der Waals surface area (Å²) in [6, 6.07) is 7.11. The molecule has 0 bridgehead atoms. The molecule has 0 radical (unpaired) electrons. The van der Waals surface area contributed by atoms with Gasteiger partial charge < -0.3 is 0 Å². The summed E-state index contributed by atoms with van der Waals surface area (Å²) in [6.07, 6.45) is 0. The number of benzene rings is 1. The monoisotopic (exact) mass is 629 g/mol. The molecule has 0 aliphatic rings. The van der Waals surface area contributed by atoms with Gasteiger partial charge >= 0.3 is 56.4 Å². The second-order valence-corrected chi connectivity index (χ2v) is 21.7. The summed E-state index contributed by atoms with van der Waals surface area (Å²) < 4.78 is 0. The van der Waals surface area contributed by atoms with Crippen molar-refractivity contribution in [3.63, 3.8) is 0 Å². The minimum absolute atomic E-state index is 0.392. The van der Waals surface area contributed by atoms with Gasteiger partial charge in [0.2, 0.25) is 0 Å². The van der Waals surface area contributed by atoms with Crippen LogP contribution < -0.4 is 28.9 Å². The second-order valence-electron chi connectivity index (χ2n) is 5.42. The number of nitrogens with one attached hydrogen (secondary N) is 3. The van der Waals surface area contributed by atoms with Crippen LogP contribution in [-0.4, -0.2) is 18.0 Å². The van der Waals surface area contributed by atoms with Gasteiger partial charge in [-0.15, -0.1) is 0 Å². The van der Waals surface area contributed by atoms with Crippen molar-refractivity contribution in [3.05, 3.63) is 29.3 Å². The normalized spacial score (nSPS) is 11.4. The van der Waals surface area contributed by atoms with E-state index in [2.05, 4.69) is 113 Å². The first-order chi connectivity index (χ1) is 9.81. The number of hydrogen-bond acceptors (Lipinski definition) is 0. The average Bonchev–Trinajstić information content (AvgIpc) is 2.33. The van der Waals surface area contributed by atoms with E-state index in [-0.39, 0.29) is 0 Å². The van der Waals surface area contributed by atoms with Gasteiger partial charge in [0.05, 0.1) is 12.1 Å². The topological polar surface area (TPSA) is 38.0 Å². The predicted molar refractivity (Wildman–Crippen MR) is 107 cm³/mol. The van der Waals surface area contributed by atoms with Gasteiger partial charge in [-0.05, 0) is 52.7 Å². The summed E-state index contributed by atoms with van der Waals surface area (Å²) in [7, 11) is 0. The van der Waals surface area contributed by atoms with E-state index < -0.39 is 0 Å². The Balaban J connectivity index is 0.00000122. The first-order valence-corrected chi connectivity index (χ1v) is 19.5. The molecule has 1 aromatic rings. The van der Waals surface area contributed by atoms with Crippen LogP contribution in [0.5, 0.6) is 0 Å². The maximum atomic E-state index is 3.47. The third-order valence-electron chi connectivity index (χ3n) is 2.60. The van der Waals surface area contributed by atoms with Crippen molar-refractivity contribution in [1.82, 2.24) is 5.32 Å². The summed E-state index contributed by atoms with van der Waals surface area (Å²) in [5, 5.41) is 6.88. The Labute approximate surface area is 159 Å². The summed E-state index contributed by atoms with van der Waals surface area (Å²) in [5.74, 6) is 0.970. The molecule has 3 nitrogen and oxygen atoms in total. The second kappa shape index (κ2) is 12.1. The van der Waals surface area contributed by atoms with Gasteiger partial charge in [0, 0.05) is 0 Å². The van der Waals surface area contributed by atoms with Crippen molar-refractivity contribution >= 4 is 48.9 Å². The molecule has 0 saturated heterocycles. The molecule has 0 heterocycles. The molecule has 21 heavy (non-hydrogen) atoms. The van der Waals surface area contributed by atoms with Crippen LogP contribution in [0.1, 0.15) is 38.8 Å². The fourth-order valence-corrected chi connectivity index (χ4v) is 1.83. The zero-order valence-electron chi connectivity index (χ0n) is 13.5. The average molecular weight is 629 g/mol. The SMILES string of the molecule is Cc1cccc(C)c1NC(NC(C)C)=[NH+]C(C)C.I[I-]I. The Morgan fingerprint density at radius 2 is 1.57 bits per heavy atom. The molecule has 0 spiro atoms. The van der Waals surface area contributed by atoms with Crippen LogP contribution in [0.25, 0.3) is 0 Å². The molecule has 0 aliphatic heterocycles. The number of hydrogen-bond donors (Lipinski definition) is 3. The number of guanidine groups is 1. The van der Waals surface area contributed by atoms with E-state index in [0.29, 0.717) is 25.3 Å². The summed E-state index contributed by atoms with van der Waals surface area (Å²) >= 11 is 5.30. The predicted octanol–water partition coefficient (Wildman–Crippen LogP) is 0.334. The zero-order valence-corrected chi connectivity index (χ0v) is 20.0. The number of rotatable bonds is 3. The van der Waals surface area contributed by atoms with E-state index in [1.165, 1.54) is 16.8 Å². The number of para-hydroxylation sites is 1. The molecule has 0 fully saturated rings. The van der Waals surface area contributed by atoms with Crippen LogP contribution in [0.4, 0.5) is 5.69 Å². The Hall–Kier alpha value is 0.680. The van der Waals surface area contributed by atoms with Crippen molar-refractivity contribution in [1.29, 1.82) is 0 Å². The van der Waals surface area contributed by atoms with Gasteiger partial charge in [0.1, 0.15) is 5.69 Å². The molecule has 3 N–H and O–H groups in total. The quantitative estimate of drug-likeness (QED) is 0.257. The Kier molecular flexibility index (Phi) is 12.5. The molecule has 0 atom stereocenters. The molecule has 0 saturated carbocycles. The van der Waals surface area contributed by atoms with Gasteiger partial charge in [-0.1, -0.05) is 18.2 Å². The molecule has 0 aromatic heterocycles. The Morgan fingerprint density at radius 1 is 1.10 bits per heavy atom. The molecule has 122 valence electrons. The van der Waals surface area contributed by atoms with E-state index in [0.717, 1.165) is 5.96 Å². The Morgan fingerprint density at radius 3 is 1.95 bits per heavy atom. The van der Waals surface area contributed by atoms with Gasteiger partial charge in [-0.3, -0.25) is 10.3 Å². The molecule has 6 heteroatoms.